The van der Waals surface area contributed by atoms with Gasteiger partial charge in [0.25, 0.3) is 0 Å². The molecule has 0 amide bonds. The van der Waals surface area contributed by atoms with Gasteiger partial charge in [-0.2, -0.15) is 0 Å². The molecule has 0 saturated heterocycles. The maximum atomic E-state index is 9.65. The fraction of sp³-hybridized carbons (Fsp3) is 0.455. The summed E-state index contributed by atoms with van der Waals surface area (Å²) in [4.78, 5) is 0. The molecule has 13 heavy (non-hydrogen) atoms. The summed E-state index contributed by atoms with van der Waals surface area (Å²) in [6, 6.07) is 1.99. The fourth-order valence-corrected chi connectivity index (χ4v) is 1.57. The van der Waals surface area contributed by atoms with Crippen LogP contribution < -0.4 is 5.73 Å². The number of benzene rings is 1. The van der Waals surface area contributed by atoms with Crippen molar-refractivity contribution in [2.75, 3.05) is 0 Å². The van der Waals surface area contributed by atoms with E-state index in [1.807, 2.05) is 33.8 Å². The molecule has 1 aromatic rings. The standard InChI is InChI=1S/C11H17NO/c1-6-5-10(9(4)12)7(2)8(3)11(6)13/h5,9,13H,12H2,1-4H3. The van der Waals surface area contributed by atoms with Crippen molar-refractivity contribution in [1.29, 1.82) is 0 Å². The predicted molar refractivity (Wildman–Crippen MR) is 54.9 cm³/mol. The minimum atomic E-state index is 0.0259. The van der Waals surface area contributed by atoms with Gasteiger partial charge in [0.05, 0.1) is 0 Å². The summed E-state index contributed by atoms with van der Waals surface area (Å²) in [5.41, 5.74) is 9.87. The number of phenolic OH excluding ortho intramolecular Hbond substituents is 1. The Morgan fingerprint density at radius 3 is 2.23 bits per heavy atom. The summed E-state index contributed by atoms with van der Waals surface area (Å²) in [5.74, 6) is 0.391. The Morgan fingerprint density at radius 2 is 1.77 bits per heavy atom. The highest BCUT2D eigenvalue weighted by Crippen LogP contribution is 2.29. The largest absolute Gasteiger partial charge is 0.507 e. The van der Waals surface area contributed by atoms with Crippen LogP contribution in [0.25, 0.3) is 0 Å². The molecular weight excluding hydrogens is 162 g/mol. The molecule has 0 saturated carbocycles. The molecule has 1 rings (SSSR count). The fourth-order valence-electron chi connectivity index (χ4n) is 1.57. The summed E-state index contributed by atoms with van der Waals surface area (Å²) < 4.78 is 0. The van der Waals surface area contributed by atoms with Crippen molar-refractivity contribution in [3.8, 4) is 5.75 Å². The van der Waals surface area contributed by atoms with E-state index in [2.05, 4.69) is 0 Å². The van der Waals surface area contributed by atoms with Crippen molar-refractivity contribution >= 4 is 0 Å². The van der Waals surface area contributed by atoms with Crippen LogP contribution in [0.1, 0.15) is 35.2 Å². The zero-order valence-electron chi connectivity index (χ0n) is 8.68. The number of phenols is 1. The molecule has 0 heterocycles. The molecule has 2 nitrogen and oxygen atoms in total. The van der Waals surface area contributed by atoms with E-state index >= 15 is 0 Å². The molecule has 0 aliphatic rings. The monoisotopic (exact) mass is 179 g/mol. The Balaban J connectivity index is 3.41. The van der Waals surface area contributed by atoms with Gasteiger partial charge in [-0.3, -0.25) is 0 Å². The zero-order chi connectivity index (χ0) is 10.2. The first-order valence-corrected chi connectivity index (χ1v) is 4.50. The van der Waals surface area contributed by atoms with E-state index in [1.165, 1.54) is 0 Å². The average molecular weight is 179 g/mol. The molecule has 0 aliphatic heterocycles. The van der Waals surface area contributed by atoms with E-state index in [-0.39, 0.29) is 6.04 Å². The lowest BCUT2D eigenvalue weighted by atomic mass is 9.95. The normalized spacial score (nSPS) is 13.0. The molecule has 72 valence electrons. The molecule has 0 fully saturated rings. The van der Waals surface area contributed by atoms with Crippen molar-refractivity contribution < 1.29 is 5.11 Å². The van der Waals surface area contributed by atoms with Gasteiger partial charge in [0.15, 0.2) is 0 Å². The second-order valence-electron chi connectivity index (χ2n) is 3.67. The predicted octanol–water partition coefficient (Wildman–Crippen LogP) is 2.34. The number of hydrogen-bond acceptors (Lipinski definition) is 2. The second kappa shape index (κ2) is 3.38. The highest BCUT2D eigenvalue weighted by molar-refractivity contribution is 5.48. The van der Waals surface area contributed by atoms with Crippen LogP contribution in [0.5, 0.6) is 5.75 Å². The molecule has 2 heteroatoms. The minimum absolute atomic E-state index is 0.0259. The lowest BCUT2D eigenvalue weighted by molar-refractivity contribution is 0.465. The Labute approximate surface area is 79.4 Å². The molecule has 1 unspecified atom stereocenters. The lowest BCUT2D eigenvalue weighted by Gasteiger charge is -2.15. The third-order valence-corrected chi connectivity index (χ3v) is 2.59. The molecular formula is C11H17NO. The maximum Gasteiger partial charge on any atom is 0.121 e. The van der Waals surface area contributed by atoms with Gasteiger partial charge in [-0.05, 0) is 49.9 Å². The Bertz CT molecular complexity index is 329. The third-order valence-electron chi connectivity index (χ3n) is 2.59. The first-order chi connectivity index (χ1) is 5.95. The summed E-state index contributed by atoms with van der Waals surface area (Å²) in [7, 11) is 0. The van der Waals surface area contributed by atoms with Crippen LogP contribution in [-0.2, 0) is 0 Å². The lowest BCUT2D eigenvalue weighted by Crippen LogP contribution is -2.08. The van der Waals surface area contributed by atoms with E-state index in [9.17, 15) is 5.11 Å². The number of rotatable bonds is 1. The van der Waals surface area contributed by atoms with Crippen molar-refractivity contribution in [3.05, 3.63) is 28.3 Å². The first-order valence-electron chi connectivity index (χ1n) is 4.50. The Hall–Kier alpha value is -1.02. The second-order valence-corrected chi connectivity index (χ2v) is 3.67. The molecule has 0 radical (unpaired) electrons. The third kappa shape index (κ3) is 1.68. The zero-order valence-corrected chi connectivity index (χ0v) is 8.68. The van der Waals surface area contributed by atoms with Gasteiger partial charge in [-0.1, -0.05) is 6.07 Å². The van der Waals surface area contributed by atoms with Gasteiger partial charge in [-0.25, -0.2) is 0 Å². The van der Waals surface area contributed by atoms with Crippen LogP contribution in [0.4, 0.5) is 0 Å². The minimum Gasteiger partial charge on any atom is -0.507 e. The number of hydrogen-bond donors (Lipinski definition) is 2. The molecule has 0 bridgehead atoms. The summed E-state index contributed by atoms with van der Waals surface area (Å²) in [6.45, 7) is 7.77. The van der Waals surface area contributed by atoms with E-state index < -0.39 is 0 Å². The SMILES string of the molecule is Cc1cc(C(C)N)c(C)c(C)c1O. The first kappa shape index (κ1) is 10.1. The summed E-state index contributed by atoms with van der Waals surface area (Å²) >= 11 is 0. The van der Waals surface area contributed by atoms with Crippen LogP contribution in [0.3, 0.4) is 0 Å². The molecule has 0 aliphatic carbocycles. The van der Waals surface area contributed by atoms with Gasteiger partial charge in [0.2, 0.25) is 0 Å². The van der Waals surface area contributed by atoms with E-state index in [4.69, 9.17) is 5.73 Å². The Kier molecular flexibility index (Phi) is 2.62. The van der Waals surface area contributed by atoms with Crippen LogP contribution in [0.2, 0.25) is 0 Å². The number of aryl methyl sites for hydroxylation is 1. The van der Waals surface area contributed by atoms with E-state index in [0.717, 1.165) is 22.3 Å². The van der Waals surface area contributed by atoms with Gasteiger partial charge in [0.1, 0.15) is 5.75 Å². The average Bonchev–Trinajstić information content (AvgIpc) is 2.07. The van der Waals surface area contributed by atoms with E-state index in [0.29, 0.717) is 5.75 Å². The van der Waals surface area contributed by atoms with Crippen LogP contribution in [-0.4, -0.2) is 5.11 Å². The molecule has 1 atom stereocenters. The van der Waals surface area contributed by atoms with Gasteiger partial charge in [0, 0.05) is 6.04 Å². The molecule has 0 spiro atoms. The molecule has 3 N–H and O–H groups in total. The highest BCUT2D eigenvalue weighted by Gasteiger charge is 2.11. The van der Waals surface area contributed by atoms with Crippen molar-refractivity contribution in [2.24, 2.45) is 5.73 Å². The van der Waals surface area contributed by atoms with E-state index in [1.54, 1.807) is 0 Å². The summed E-state index contributed by atoms with van der Waals surface area (Å²) in [6.07, 6.45) is 0. The van der Waals surface area contributed by atoms with Gasteiger partial charge in [-0.15, -0.1) is 0 Å². The van der Waals surface area contributed by atoms with Gasteiger partial charge >= 0.3 is 0 Å². The van der Waals surface area contributed by atoms with Crippen LogP contribution in [0, 0.1) is 20.8 Å². The Morgan fingerprint density at radius 1 is 1.23 bits per heavy atom. The number of nitrogens with two attached hydrogens (primary N) is 1. The topological polar surface area (TPSA) is 46.2 Å². The van der Waals surface area contributed by atoms with Gasteiger partial charge < -0.3 is 10.8 Å². The number of aromatic hydroxyl groups is 1. The van der Waals surface area contributed by atoms with Crippen LogP contribution in [0.15, 0.2) is 6.07 Å². The van der Waals surface area contributed by atoms with Crippen LogP contribution >= 0.6 is 0 Å². The highest BCUT2D eigenvalue weighted by atomic mass is 16.3. The maximum absolute atomic E-state index is 9.65. The molecule has 1 aromatic carbocycles. The van der Waals surface area contributed by atoms with Crippen molar-refractivity contribution in [3.63, 3.8) is 0 Å². The van der Waals surface area contributed by atoms with Crippen molar-refractivity contribution in [1.82, 2.24) is 0 Å². The van der Waals surface area contributed by atoms with Crippen molar-refractivity contribution in [2.45, 2.75) is 33.7 Å². The molecule has 0 aromatic heterocycles. The smallest absolute Gasteiger partial charge is 0.121 e. The quantitative estimate of drug-likeness (QED) is 0.695. The summed E-state index contributed by atoms with van der Waals surface area (Å²) in [5, 5.41) is 9.65.